The fourth-order valence-electron chi connectivity index (χ4n) is 5.48. The number of piperazine rings is 1. The number of anilines is 1. The number of nitrogens with zero attached hydrogens (tertiary/aromatic N) is 5. The van der Waals surface area contributed by atoms with E-state index >= 15 is 4.39 Å². The molecule has 1 amide bonds. The summed E-state index contributed by atoms with van der Waals surface area (Å²) in [4.78, 5) is 30.2. The van der Waals surface area contributed by atoms with E-state index in [1.54, 1.807) is 0 Å². The highest BCUT2D eigenvalue weighted by Crippen LogP contribution is 2.46. The van der Waals surface area contributed by atoms with E-state index in [0.29, 0.717) is 24.2 Å². The Morgan fingerprint density at radius 2 is 2.03 bits per heavy atom. The standard InChI is InChI=1S/C23H29ClFN5O4S/c1-6-7-13-17-12-9-8-11(30(12)22(31)34-23(2,3)4)10-29(17)19-14-16(26-21(28-19)35(5)32)15(25)18(24)27-20(14)33-13/h11-13,17H,6-10H2,1-5H3/t11-,12+,13?,17+,35?/m1/s1. The van der Waals surface area contributed by atoms with Crippen molar-refractivity contribution in [2.24, 2.45) is 0 Å². The number of amides is 1. The third-order valence-electron chi connectivity index (χ3n) is 6.73. The monoisotopic (exact) mass is 525 g/mol. The molecule has 3 aliphatic rings. The van der Waals surface area contributed by atoms with Crippen LogP contribution in [-0.4, -0.2) is 72.8 Å². The normalized spacial score (nSPS) is 26.3. The van der Waals surface area contributed by atoms with Gasteiger partial charge >= 0.3 is 6.09 Å². The van der Waals surface area contributed by atoms with Crippen molar-refractivity contribution in [3.8, 4) is 5.88 Å². The van der Waals surface area contributed by atoms with Crippen molar-refractivity contribution in [1.29, 1.82) is 0 Å². The number of carbonyl (C=O) groups is 1. The number of aromatic nitrogens is 3. The molecule has 5 rings (SSSR count). The molecule has 5 heterocycles. The minimum atomic E-state index is -1.56. The second-order valence-corrected chi connectivity index (χ2v) is 11.9. The summed E-state index contributed by atoms with van der Waals surface area (Å²) >= 11 is 6.11. The predicted octanol–water partition coefficient (Wildman–Crippen LogP) is 4.07. The van der Waals surface area contributed by atoms with Crippen LogP contribution in [0.3, 0.4) is 0 Å². The molecule has 5 atom stereocenters. The minimum Gasteiger partial charge on any atom is -0.471 e. The fourth-order valence-corrected chi connectivity index (χ4v) is 6.09. The Labute approximate surface area is 210 Å². The third kappa shape index (κ3) is 4.10. The van der Waals surface area contributed by atoms with E-state index in [1.807, 2.05) is 25.7 Å². The summed E-state index contributed by atoms with van der Waals surface area (Å²) in [7, 11) is -1.56. The van der Waals surface area contributed by atoms with Gasteiger partial charge in [0.2, 0.25) is 11.0 Å². The van der Waals surface area contributed by atoms with Gasteiger partial charge in [0.05, 0.1) is 28.9 Å². The highest BCUT2D eigenvalue weighted by Gasteiger charge is 2.54. The van der Waals surface area contributed by atoms with Gasteiger partial charge in [-0.15, -0.1) is 0 Å². The first-order valence-corrected chi connectivity index (χ1v) is 13.8. The lowest BCUT2D eigenvalue weighted by Crippen LogP contribution is -2.66. The Bertz CT molecular complexity index is 1220. The van der Waals surface area contributed by atoms with Gasteiger partial charge in [-0.3, -0.25) is 9.11 Å². The highest BCUT2D eigenvalue weighted by molar-refractivity contribution is 7.84. The number of fused-ring (bicyclic) bond motifs is 5. The molecule has 2 fully saturated rings. The van der Waals surface area contributed by atoms with E-state index in [2.05, 4.69) is 26.8 Å². The van der Waals surface area contributed by atoms with Gasteiger partial charge in [0.25, 0.3) is 0 Å². The molecular formula is C23H29ClFN5O4S. The average molecular weight is 526 g/mol. The van der Waals surface area contributed by atoms with Crippen LogP contribution in [0.25, 0.3) is 10.9 Å². The van der Waals surface area contributed by atoms with Crippen molar-refractivity contribution >= 4 is 45.2 Å². The van der Waals surface area contributed by atoms with E-state index in [1.165, 1.54) is 6.26 Å². The van der Waals surface area contributed by atoms with Crippen LogP contribution in [0.1, 0.15) is 53.4 Å². The maximum Gasteiger partial charge on any atom is 0.410 e. The van der Waals surface area contributed by atoms with E-state index in [4.69, 9.17) is 21.1 Å². The summed E-state index contributed by atoms with van der Waals surface area (Å²) in [6, 6.07) is -0.593. The number of halogens is 2. The molecule has 0 saturated carbocycles. The summed E-state index contributed by atoms with van der Waals surface area (Å²) in [5, 5.41) is -0.0407. The molecule has 0 spiro atoms. The summed E-state index contributed by atoms with van der Waals surface area (Å²) in [5.41, 5.74) is -0.683. The molecule has 0 aromatic carbocycles. The smallest absolute Gasteiger partial charge is 0.410 e. The molecule has 2 aromatic rings. The van der Waals surface area contributed by atoms with E-state index in [9.17, 15) is 9.00 Å². The predicted molar refractivity (Wildman–Crippen MR) is 130 cm³/mol. The van der Waals surface area contributed by atoms with Crippen molar-refractivity contribution in [3.05, 3.63) is 11.0 Å². The largest absolute Gasteiger partial charge is 0.471 e. The van der Waals surface area contributed by atoms with Crippen LogP contribution in [0.5, 0.6) is 5.88 Å². The second-order valence-electron chi connectivity index (χ2n) is 10.3. The Morgan fingerprint density at radius 1 is 1.29 bits per heavy atom. The van der Waals surface area contributed by atoms with Gasteiger partial charge < -0.3 is 14.4 Å². The lowest BCUT2D eigenvalue weighted by molar-refractivity contribution is -0.000959. The van der Waals surface area contributed by atoms with Gasteiger partial charge in [-0.2, -0.15) is 4.98 Å². The van der Waals surface area contributed by atoms with E-state index < -0.39 is 22.2 Å². The molecule has 9 nitrogen and oxygen atoms in total. The van der Waals surface area contributed by atoms with Crippen molar-refractivity contribution in [1.82, 2.24) is 19.9 Å². The molecule has 0 aliphatic carbocycles. The molecule has 35 heavy (non-hydrogen) atoms. The highest BCUT2D eigenvalue weighted by atomic mass is 35.5. The molecule has 0 radical (unpaired) electrons. The zero-order valence-electron chi connectivity index (χ0n) is 20.4. The number of carbonyl (C=O) groups excluding carboxylic acids is 1. The topological polar surface area (TPSA) is 97.7 Å². The van der Waals surface area contributed by atoms with Crippen LogP contribution in [-0.2, 0) is 15.5 Å². The first-order chi connectivity index (χ1) is 16.5. The first-order valence-electron chi connectivity index (χ1n) is 11.8. The van der Waals surface area contributed by atoms with Gasteiger partial charge in [-0.25, -0.2) is 19.2 Å². The van der Waals surface area contributed by atoms with Crippen LogP contribution in [0.15, 0.2) is 5.16 Å². The number of ether oxygens (including phenoxy) is 2. The number of pyridine rings is 1. The fraction of sp³-hybridized carbons (Fsp3) is 0.652. The molecule has 2 bridgehead atoms. The molecule has 3 aliphatic heterocycles. The molecule has 2 aromatic heterocycles. The maximum absolute atomic E-state index is 15.1. The third-order valence-corrected chi connectivity index (χ3v) is 7.68. The Kier molecular flexibility index (Phi) is 6.06. The van der Waals surface area contributed by atoms with Crippen LogP contribution in [0, 0.1) is 5.82 Å². The van der Waals surface area contributed by atoms with Gasteiger partial charge in [0, 0.05) is 12.8 Å². The lowest BCUT2D eigenvalue weighted by atomic mass is 9.94. The number of hydrogen-bond acceptors (Lipinski definition) is 8. The van der Waals surface area contributed by atoms with Crippen molar-refractivity contribution in [2.45, 2.75) is 88.4 Å². The summed E-state index contributed by atoms with van der Waals surface area (Å²) in [6.07, 6.45) is 3.81. The molecule has 2 unspecified atom stereocenters. The van der Waals surface area contributed by atoms with Crippen LogP contribution < -0.4 is 9.64 Å². The maximum atomic E-state index is 15.1. The van der Waals surface area contributed by atoms with Crippen molar-refractivity contribution < 1.29 is 22.9 Å². The SMILES string of the molecule is CCCC1Oc2nc(Cl)c(F)c3nc(S(C)=O)nc(c23)N2C[C@H]3CC[C@@H]([C@@H]12)N3C(=O)OC(C)(C)C. The van der Waals surface area contributed by atoms with Gasteiger partial charge in [0.15, 0.2) is 11.0 Å². The van der Waals surface area contributed by atoms with Gasteiger partial charge in [0.1, 0.15) is 28.4 Å². The molecule has 12 heteroatoms. The average Bonchev–Trinajstić information content (AvgIpc) is 3.01. The van der Waals surface area contributed by atoms with Crippen molar-refractivity contribution in [2.75, 3.05) is 17.7 Å². The summed E-state index contributed by atoms with van der Waals surface area (Å²) in [6.45, 7) is 8.05. The van der Waals surface area contributed by atoms with Crippen LogP contribution in [0.2, 0.25) is 5.15 Å². The lowest BCUT2D eigenvalue weighted by Gasteiger charge is -2.48. The van der Waals surface area contributed by atoms with E-state index in [0.717, 1.165) is 19.3 Å². The Morgan fingerprint density at radius 3 is 2.69 bits per heavy atom. The Balaban J connectivity index is 1.69. The van der Waals surface area contributed by atoms with E-state index in [-0.39, 0.29) is 52.0 Å². The quantitative estimate of drug-likeness (QED) is 0.437. The molecule has 2 saturated heterocycles. The molecule has 0 N–H and O–H groups in total. The van der Waals surface area contributed by atoms with Gasteiger partial charge in [-0.1, -0.05) is 24.9 Å². The number of hydrogen-bond donors (Lipinski definition) is 0. The zero-order valence-corrected chi connectivity index (χ0v) is 22.0. The Hall–Kier alpha value is -2.27. The minimum absolute atomic E-state index is 0.00854. The zero-order chi connectivity index (χ0) is 25.2. The summed E-state index contributed by atoms with van der Waals surface area (Å²) in [5.74, 6) is -0.227. The van der Waals surface area contributed by atoms with Crippen LogP contribution >= 0.6 is 11.6 Å². The molecular weight excluding hydrogens is 497 g/mol. The second kappa shape index (κ2) is 8.69. The first kappa shape index (κ1) is 24.4. The summed E-state index contributed by atoms with van der Waals surface area (Å²) < 4.78 is 39.7. The van der Waals surface area contributed by atoms with Gasteiger partial charge in [-0.05, 0) is 40.0 Å². The molecule has 190 valence electrons. The number of rotatable bonds is 3. The van der Waals surface area contributed by atoms with Crippen molar-refractivity contribution in [3.63, 3.8) is 0 Å². The van der Waals surface area contributed by atoms with Crippen LogP contribution in [0.4, 0.5) is 15.0 Å².